The van der Waals surface area contributed by atoms with Gasteiger partial charge in [0.1, 0.15) is 5.82 Å². The average Bonchev–Trinajstić information content (AvgIpc) is 2.78. The molecule has 2 amide bonds. The van der Waals surface area contributed by atoms with Crippen molar-refractivity contribution in [1.82, 2.24) is 9.97 Å². The predicted octanol–water partition coefficient (Wildman–Crippen LogP) is 6.32. The molecule has 3 aromatic carbocycles. The van der Waals surface area contributed by atoms with E-state index in [-0.39, 0.29) is 22.5 Å². The number of nitrogens with one attached hydrogen (secondary N) is 2. The van der Waals surface area contributed by atoms with Crippen LogP contribution in [0.2, 0.25) is 5.02 Å². The molecule has 0 aliphatic heterocycles. The fraction of sp³-hybridized carbons (Fsp3) is 0.0435. The van der Waals surface area contributed by atoms with E-state index in [1.54, 1.807) is 6.07 Å². The van der Waals surface area contributed by atoms with Crippen LogP contribution in [0.3, 0.4) is 0 Å². The van der Waals surface area contributed by atoms with Crippen molar-refractivity contribution in [3.05, 3.63) is 94.5 Å². The first kappa shape index (κ1) is 23.1. The van der Waals surface area contributed by atoms with Crippen LogP contribution in [0.5, 0.6) is 0 Å². The van der Waals surface area contributed by atoms with Crippen molar-refractivity contribution in [3.63, 3.8) is 0 Å². The van der Waals surface area contributed by atoms with Crippen LogP contribution < -0.4 is 10.6 Å². The largest absolute Gasteiger partial charge is 0.417 e. The zero-order valence-electron chi connectivity index (χ0n) is 17.0. The van der Waals surface area contributed by atoms with Crippen molar-refractivity contribution in [2.24, 2.45) is 0 Å². The number of carbonyl (C=O) groups is 2. The van der Waals surface area contributed by atoms with Crippen molar-refractivity contribution < 1.29 is 27.2 Å². The van der Waals surface area contributed by atoms with Crippen LogP contribution in [-0.2, 0) is 6.18 Å². The molecule has 11 heteroatoms. The molecule has 0 spiro atoms. The Balaban J connectivity index is 1.52. The fourth-order valence-corrected chi connectivity index (χ4v) is 3.44. The van der Waals surface area contributed by atoms with Crippen molar-refractivity contribution in [2.75, 3.05) is 10.6 Å². The van der Waals surface area contributed by atoms with Gasteiger partial charge < -0.3 is 10.6 Å². The van der Waals surface area contributed by atoms with Crippen LogP contribution >= 0.6 is 11.6 Å². The third kappa shape index (κ3) is 4.96. The Morgan fingerprint density at radius 1 is 0.824 bits per heavy atom. The van der Waals surface area contributed by atoms with E-state index >= 15 is 0 Å². The summed E-state index contributed by atoms with van der Waals surface area (Å²) < 4.78 is 52.8. The van der Waals surface area contributed by atoms with E-state index in [1.165, 1.54) is 30.6 Å². The van der Waals surface area contributed by atoms with Gasteiger partial charge in [-0.05, 0) is 54.6 Å². The number of aromatic nitrogens is 2. The van der Waals surface area contributed by atoms with Gasteiger partial charge in [-0.2, -0.15) is 13.2 Å². The normalized spacial score (nSPS) is 11.3. The number of benzene rings is 3. The lowest BCUT2D eigenvalue weighted by atomic mass is 10.0. The number of rotatable bonds is 4. The Morgan fingerprint density at radius 3 is 2.15 bits per heavy atom. The summed E-state index contributed by atoms with van der Waals surface area (Å²) in [7, 11) is 0. The van der Waals surface area contributed by atoms with Crippen molar-refractivity contribution >= 4 is 45.8 Å². The molecule has 1 aromatic heterocycles. The number of alkyl halides is 3. The summed E-state index contributed by atoms with van der Waals surface area (Å²) in [6.07, 6.45) is -1.67. The minimum atomic E-state index is -4.63. The number of nitrogens with zero attached hydrogens (tertiary/aromatic N) is 2. The van der Waals surface area contributed by atoms with Crippen LogP contribution in [-0.4, -0.2) is 21.8 Å². The molecule has 4 aromatic rings. The first-order chi connectivity index (χ1) is 16.1. The van der Waals surface area contributed by atoms with Gasteiger partial charge >= 0.3 is 12.2 Å². The molecular weight excluding hydrogens is 476 g/mol. The van der Waals surface area contributed by atoms with Crippen LogP contribution in [0.25, 0.3) is 11.0 Å². The van der Waals surface area contributed by atoms with Crippen LogP contribution in [0.15, 0.2) is 67.0 Å². The van der Waals surface area contributed by atoms with Crippen LogP contribution in [0.4, 0.5) is 33.7 Å². The highest BCUT2D eigenvalue weighted by atomic mass is 35.5. The number of halogens is 5. The molecule has 6 nitrogen and oxygen atoms in total. The van der Waals surface area contributed by atoms with Gasteiger partial charge in [0.25, 0.3) is 0 Å². The summed E-state index contributed by atoms with van der Waals surface area (Å²) >= 11 is 5.65. The topological polar surface area (TPSA) is 84.0 Å². The molecular formula is C23H13ClF4N4O2. The van der Waals surface area contributed by atoms with E-state index in [2.05, 4.69) is 20.6 Å². The van der Waals surface area contributed by atoms with Gasteiger partial charge in [-0.1, -0.05) is 11.6 Å². The minimum absolute atomic E-state index is 0.00573. The number of carbonyl (C=O) groups excluding carboxylic acids is 2. The number of anilines is 2. The van der Waals surface area contributed by atoms with E-state index in [1.807, 2.05) is 0 Å². The predicted molar refractivity (Wildman–Crippen MR) is 118 cm³/mol. The van der Waals surface area contributed by atoms with Crippen LogP contribution in [0, 0.1) is 5.82 Å². The van der Waals surface area contributed by atoms with Crippen molar-refractivity contribution in [2.45, 2.75) is 6.18 Å². The number of ketones is 1. The van der Waals surface area contributed by atoms with Gasteiger partial charge in [0.05, 0.1) is 27.2 Å². The summed E-state index contributed by atoms with van der Waals surface area (Å²) in [5, 5.41) is 4.15. The van der Waals surface area contributed by atoms with Crippen molar-refractivity contribution in [1.29, 1.82) is 0 Å². The highest BCUT2D eigenvalue weighted by molar-refractivity contribution is 6.31. The lowest BCUT2D eigenvalue weighted by Crippen LogP contribution is -2.20. The Kier molecular flexibility index (Phi) is 6.16. The standard InChI is InChI=1S/C23H13ClF4N4O2/c24-17-11-14(2-4-16(17)23(26,27)28)32-22(34)31-13-3-5-18(25)15(10-13)21(33)12-1-6-19-20(9-12)30-8-7-29-19/h1-11H,(H2,31,32,34). The summed E-state index contributed by atoms with van der Waals surface area (Å²) in [4.78, 5) is 33.4. The third-order valence-corrected chi connectivity index (χ3v) is 5.05. The number of hydrogen-bond donors (Lipinski definition) is 2. The van der Waals surface area contributed by atoms with Gasteiger partial charge in [0, 0.05) is 29.3 Å². The molecule has 0 bridgehead atoms. The Morgan fingerprint density at radius 2 is 1.47 bits per heavy atom. The lowest BCUT2D eigenvalue weighted by molar-refractivity contribution is -0.137. The zero-order valence-corrected chi connectivity index (χ0v) is 17.7. The molecule has 0 radical (unpaired) electrons. The van der Waals surface area contributed by atoms with E-state index in [0.29, 0.717) is 11.0 Å². The number of urea groups is 1. The second-order valence-corrected chi connectivity index (χ2v) is 7.46. The molecule has 34 heavy (non-hydrogen) atoms. The average molecular weight is 489 g/mol. The summed E-state index contributed by atoms with van der Waals surface area (Å²) in [6, 6.07) is 9.84. The Labute approximate surface area is 194 Å². The monoisotopic (exact) mass is 488 g/mol. The quantitative estimate of drug-likeness (QED) is 0.260. The summed E-state index contributed by atoms with van der Waals surface area (Å²) in [5.41, 5.74) is -0.0485. The highest BCUT2D eigenvalue weighted by Crippen LogP contribution is 2.35. The second-order valence-electron chi connectivity index (χ2n) is 7.06. The molecule has 0 saturated heterocycles. The minimum Gasteiger partial charge on any atom is -0.308 e. The first-order valence-corrected chi connectivity index (χ1v) is 9.99. The molecule has 4 rings (SSSR count). The van der Waals surface area contributed by atoms with Gasteiger partial charge in [0.15, 0.2) is 5.78 Å². The molecule has 0 aliphatic rings. The Hall–Kier alpha value is -4.05. The van der Waals surface area contributed by atoms with Crippen LogP contribution in [0.1, 0.15) is 21.5 Å². The third-order valence-electron chi connectivity index (χ3n) is 4.73. The van der Waals surface area contributed by atoms with Crippen molar-refractivity contribution in [3.8, 4) is 0 Å². The van der Waals surface area contributed by atoms with Gasteiger partial charge in [0.2, 0.25) is 0 Å². The van der Waals surface area contributed by atoms with Gasteiger partial charge in [-0.15, -0.1) is 0 Å². The number of hydrogen-bond acceptors (Lipinski definition) is 4. The maximum Gasteiger partial charge on any atom is 0.417 e. The molecule has 0 atom stereocenters. The lowest BCUT2D eigenvalue weighted by Gasteiger charge is -2.12. The molecule has 2 N–H and O–H groups in total. The van der Waals surface area contributed by atoms with Gasteiger partial charge in [-0.25, -0.2) is 9.18 Å². The zero-order chi connectivity index (χ0) is 24.5. The fourth-order valence-electron chi connectivity index (χ4n) is 3.15. The highest BCUT2D eigenvalue weighted by Gasteiger charge is 2.33. The summed E-state index contributed by atoms with van der Waals surface area (Å²) in [5.74, 6) is -1.44. The molecule has 172 valence electrons. The maximum absolute atomic E-state index is 14.4. The van der Waals surface area contributed by atoms with E-state index in [0.717, 1.165) is 30.3 Å². The molecule has 0 saturated carbocycles. The summed E-state index contributed by atoms with van der Waals surface area (Å²) in [6.45, 7) is 0. The number of fused-ring (bicyclic) bond motifs is 1. The van der Waals surface area contributed by atoms with Gasteiger partial charge in [-0.3, -0.25) is 14.8 Å². The maximum atomic E-state index is 14.4. The molecule has 0 unspecified atom stereocenters. The smallest absolute Gasteiger partial charge is 0.308 e. The molecule has 0 fully saturated rings. The SMILES string of the molecule is O=C(Nc1ccc(C(F)(F)F)c(Cl)c1)Nc1ccc(F)c(C(=O)c2ccc3nccnc3c2)c1. The van der Waals surface area contributed by atoms with E-state index in [9.17, 15) is 27.2 Å². The molecule has 1 heterocycles. The second kappa shape index (κ2) is 9.06. The Bertz CT molecular complexity index is 1430. The first-order valence-electron chi connectivity index (χ1n) is 9.61. The number of amides is 2. The molecule has 0 aliphatic carbocycles. The van der Waals surface area contributed by atoms with E-state index in [4.69, 9.17) is 11.6 Å². The van der Waals surface area contributed by atoms with E-state index < -0.39 is 34.4 Å².